The Morgan fingerprint density at radius 2 is 1.69 bits per heavy atom. The molecule has 0 fully saturated rings. The molecule has 0 bridgehead atoms. The molecule has 0 aliphatic heterocycles. The first-order chi connectivity index (χ1) is 5.84. The third kappa shape index (κ3) is 2.02. The van der Waals surface area contributed by atoms with E-state index >= 15 is 0 Å². The highest BCUT2D eigenvalue weighted by Gasteiger charge is 2.24. The van der Waals surface area contributed by atoms with Crippen LogP contribution in [-0.4, -0.2) is 8.80 Å². The minimum atomic E-state index is -0.721. The molecule has 13 heavy (non-hydrogen) atoms. The summed E-state index contributed by atoms with van der Waals surface area (Å²) in [4.78, 5) is 0. The highest BCUT2D eigenvalue weighted by molar-refractivity contribution is 6.65. The summed E-state index contributed by atoms with van der Waals surface area (Å²) in [7, 11) is -0.721. The van der Waals surface area contributed by atoms with Gasteiger partial charge in [0.05, 0.1) is 8.80 Å². The Morgan fingerprint density at radius 3 is 2.00 bits per heavy atom. The highest BCUT2D eigenvalue weighted by Crippen LogP contribution is 2.37. The smallest absolute Gasteiger partial charge is 0.0658 e. The Bertz CT molecular complexity index is 285. The summed E-state index contributed by atoms with van der Waals surface area (Å²) in [5.74, 6) is 0. The zero-order valence-corrected chi connectivity index (χ0v) is 10.6. The van der Waals surface area contributed by atoms with Gasteiger partial charge in [-0.2, -0.15) is 0 Å². The third-order valence-electron chi connectivity index (χ3n) is 2.47. The van der Waals surface area contributed by atoms with Gasteiger partial charge in [-0.05, 0) is 16.6 Å². The van der Waals surface area contributed by atoms with Crippen molar-refractivity contribution in [3.05, 3.63) is 35.1 Å². The van der Waals surface area contributed by atoms with E-state index in [9.17, 15) is 0 Å². The minimum Gasteiger partial charge on any atom is -0.0919 e. The van der Waals surface area contributed by atoms with Gasteiger partial charge in [-0.25, -0.2) is 0 Å². The molecule has 0 N–H and O–H groups in total. The van der Waals surface area contributed by atoms with Gasteiger partial charge >= 0.3 is 0 Å². The Labute approximate surface area is 83.7 Å². The molecule has 0 nitrogen and oxygen atoms in total. The first kappa shape index (κ1) is 10.5. The van der Waals surface area contributed by atoms with Gasteiger partial charge in [-0.1, -0.05) is 57.8 Å². The first-order valence-electron chi connectivity index (χ1n) is 4.96. The molecule has 0 heterocycles. The van der Waals surface area contributed by atoms with Gasteiger partial charge in [-0.3, -0.25) is 0 Å². The van der Waals surface area contributed by atoms with E-state index in [0.29, 0.717) is 0 Å². The van der Waals surface area contributed by atoms with Crippen molar-refractivity contribution in [2.24, 2.45) is 5.41 Å². The fourth-order valence-corrected chi connectivity index (χ4v) is 3.86. The van der Waals surface area contributed by atoms with Gasteiger partial charge in [0.25, 0.3) is 0 Å². The monoisotopic (exact) mass is 192 g/mol. The molecule has 0 aromatic rings. The van der Waals surface area contributed by atoms with Gasteiger partial charge in [0.15, 0.2) is 0 Å². The standard InChI is InChI=1S/C12H20Si/c1-9-7-8-10(12(2,3)4)11(9)13(5)6/h7-8,13H,1H2,2-6H3. The van der Waals surface area contributed by atoms with Gasteiger partial charge in [-0.15, -0.1) is 0 Å². The molecule has 1 aliphatic carbocycles. The van der Waals surface area contributed by atoms with Crippen molar-refractivity contribution in [2.75, 3.05) is 0 Å². The van der Waals surface area contributed by atoms with E-state index in [2.05, 4.69) is 52.6 Å². The van der Waals surface area contributed by atoms with Gasteiger partial charge in [0, 0.05) is 0 Å². The second kappa shape index (κ2) is 3.30. The van der Waals surface area contributed by atoms with Crippen LogP contribution in [0.25, 0.3) is 0 Å². The second-order valence-electron chi connectivity index (χ2n) is 5.09. The maximum Gasteiger partial charge on any atom is 0.0658 e. The zero-order chi connectivity index (χ0) is 10.2. The van der Waals surface area contributed by atoms with E-state index in [0.717, 1.165) is 0 Å². The maximum absolute atomic E-state index is 4.11. The molecule has 1 aliphatic rings. The van der Waals surface area contributed by atoms with Crippen molar-refractivity contribution in [3.63, 3.8) is 0 Å². The van der Waals surface area contributed by atoms with E-state index in [1.165, 1.54) is 11.1 Å². The summed E-state index contributed by atoms with van der Waals surface area (Å²) in [5, 5.41) is 1.58. The van der Waals surface area contributed by atoms with Gasteiger partial charge in [0.2, 0.25) is 0 Å². The molecule has 72 valence electrons. The summed E-state index contributed by atoms with van der Waals surface area (Å²) in [6.45, 7) is 15.7. The molecule has 0 saturated carbocycles. The van der Waals surface area contributed by atoms with Crippen molar-refractivity contribution in [3.8, 4) is 0 Å². The first-order valence-corrected chi connectivity index (χ1v) is 7.84. The lowest BCUT2D eigenvalue weighted by atomic mass is 9.87. The molecule has 0 spiro atoms. The van der Waals surface area contributed by atoms with Crippen LogP contribution in [0.3, 0.4) is 0 Å². The van der Waals surface area contributed by atoms with Crippen LogP contribution in [0.1, 0.15) is 20.8 Å². The summed E-state index contributed by atoms with van der Waals surface area (Å²) in [5.41, 5.74) is 3.05. The van der Waals surface area contributed by atoms with Gasteiger partial charge in [0.1, 0.15) is 0 Å². The third-order valence-corrected chi connectivity index (χ3v) is 4.31. The number of rotatable bonds is 1. The average Bonchev–Trinajstić information content (AvgIpc) is 2.28. The Morgan fingerprint density at radius 1 is 1.15 bits per heavy atom. The quantitative estimate of drug-likeness (QED) is 0.558. The second-order valence-corrected chi connectivity index (χ2v) is 7.98. The molecule has 0 saturated heterocycles. The van der Waals surface area contributed by atoms with Gasteiger partial charge < -0.3 is 0 Å². The topological polar surface area (TPSA) is 0 Å². The molecule has 1 rings (SSSR count). The van der Waals surface area contributed by atoms with Crippen molar-refractivity contribution in [1.82, 2.24) is 0 Å². The molecule has 0 unspecified atom stereocenters. The van der Waals surface area contributed by atoms with E-state index in [1.54, 1.807) is 5.20 Å². The summed E-state index contributed by atoms with van der Waals surface area (Å²) in [6, 6.07) is 0. The normalized spacial score (nSPS) is 17.8. The lowest BCUT2D eigenvalue weighted by Crippen LogP contribution is -2.15. The molecule has 0 aromatic carbocycles. The van der Waals surface area contributed by atoms with Crippen molar-refractivity contribution in [2.45, 2.75) is 33.9 Å². The molecule has 0 radical (unpaired) electrons. The fraction of sp³-hybridized carbons (Fsp3) is 0.500. The predicted molar refractivity (Wildman–Crippen MR) is 63.6 cm³/mol. The molecule has 0 amide bonds. The van der Waals surface area contributed by atoms with Crippen LogP contribution in [0.15, 0.2) is 35.1 Å². The SMILES string of the molecule is C=C1C=CC(C(C)(C)C)=C1[SiH](C)C. The molecule has 0 atom stereocenters. The van der Waals surface area contributed by atoms with E-state index in [4.69, 9.17) is 0 Å². The van der Waals surface area contributed by atoms with Crippen LogP contribution in [0, 0.1) is 5.41 Å². The summed E-state index contributed by atoms with van der Waals surface area (Å²) >= 11 is 0. The van der Waals surface area contributed by atoms with E-state index < -0.39 is 8.80 Å². The zero-order valence-electron chi connectivity index (χ0n) is 9.44. The molecule has 0 aromatic heterocycles. The van der Waals surface area contributed by atoms with Crippen molar-refractivity contribution >= 4 is 8.80 Å². The van der Waals surface area contributed by atoms with Crippen LogP contribution in [0.4, 0.5) is 0 Å². The van der Waals surface area contributed by atoms with Crippen molar-refractivity contribution < 1.29 is 0 Å². The van der Waals surface area contributed by atoms with Crippen LogP contribution in [0.5, 0.6) is 0 Å². The minimum absolute atomic E-state index is 0.280. The largest absolute Gasteiger partial charge is 0.0919 e. The summed E-state index contributed by atoms with van der Waals surface area (Å²) < 4.78 is 0. The Kier molecular flexibility index (Phi) is 2.67. The number of hydrogen-bond donors (Lipinski definition) is 0. The Hall–Kier alpha value is -0.563. The van der Waals surface area contributed by atoms with Crippen molar-refractivity contribution in [1.29, 1.82) is 0 Å². The van der Waals surface area contributed by atoms with Crippen LogP contribution in [0.2, 0.25) is 13.1 Å². The predicted octanol–water partition coefficient (Wildman–Crippen LogP) is 3.48. The van der Waals surface area contributed by atoms with E-state index in [1.807, 2.05) is 0 Å². The molecular formula is C12H20Si. The lowest BCUT2D eigenvalue weighted by Gasteiger charge is -2.23. The Balaban J connectivity index is 3.17. The van der Waals surface area contributed by atoms with E-state index in [-0.39, 0.29) is 5.41 Å². The molecular weight excluding hydrogens is 172 g/mol. The van der Waals surface area contributed by atoms with Crippen LogP contribution < -0.4 is 0 Å². The summed E-state index contributed by atoms with van der Waals surface area (Å²) in [6.07, 6.45) is 4.42. The lowest BCUT2D eigenvalue weighted by molar-refractivity contribution is 0.517. The van der Waals surface area contributed by atoms with Crippen LogP contribution in [-0.2, 0) is 0 Å². The highest BCUT2D eigenvalue weighted by atomic mass is 28.3. The average molecular weight is 192 g/mol. The molecule has 1 heteroatoms. The van der Waals surface area contributed by atoms with Crippen LogP contribution >= 0.6 is 0 Å². The fourth-order valence-electron chi connectivity index (χ4n) is 1.87. The number of hydrogen-bond acceptors (Lipinski definition) is 0. The maximum atomic E-state index is 4.11. The number of allylic oxidation sites excluding steroid dienone is 5.